The third-order valence-corrected chi connectivity index (χ3v) is 11.4. The molecule has 0 spiro atoms. The van der Waals surface area contributed by atoms with Crippen LogP contribution in [0.4, 0.5) is 0 Å². The lowest BCUT2D eigenvalue weighted by molar-refractivity contribution is -0.351. The SMILES string of the molecule is CC[C@H]1OC(=O)[C@H](C)[C@@H](O[C@H]2O[C@H](OC)[C@@H](O)[C@@H](O)[C@@H]2C)[C@H](C)[C@@H](O[C@H]2O[C@@H](C)C[C@@H](N(C)C)[C@@H]2O)[C@](C)(O)C[C@@H](C)C(=O)[C@H](C)[C@@H](O)[C@@H]1C. The third kappa shape index (κ3) is 9.43. The highest BCUT2D eigenvalue weighted by Crippen LogP contribution is 2.39. The number of methoxy groups -OCH3 is 1. The fraction of sp³-hybridized carbons (Fsp3) is 0.944. The van der Waals surface area contributed by atoms with Crippen LogP contribution in [0.1, 0.15) is 81.6 Å². The largest absolute Gasteiger partial charge is 0.462 e. The summed E-state index contributed by atoms with van der Waals surface area (Å²) in [6.45, 7) is 15.3. The molecule has 3 aliphatic rings. The van der Waals surface area contributed by atoms with Crippen molar-refractivity contribution < 1.29 is 63.5 Å². The maximum absolute atomic E-state index is 14.0. The summed E-state index contributed by atoms with van der Waals surface area (Å²) in [5.41, 5.74) is -1.77. The molecule has 0 saturated carbocycles. The lowest BCUT2D eigenvalue weighted by atomic mass is 9.74. The summed E-state index contributed by atoms with van der Waals surface area (Å²) < 4.78 is 36.5. The van der Waals surface area contributed by atoms with Crippen molar-refractivity contribution in [3.05, 3.63) is 0 Å². The molecule has 292 valence electrons. The highest BCUT2D eigenvalue weighted by Gasteiger charge is 2.52. The monoisotopic (exact) mass is 719 g/mol. The van der Waals surface area contributed by atoms with E-state index in [1.54, 1.807) is 41.5 Å². The van der Waals surface area contributed by atoms with Gasteiger partial charge in [0.15, 0.2) is 18.9 Å². The topological polar surface area (TPSA) is 194 Å². The Balaban J connectivity index is 2.16. The number of carbonyl (C=O) groups is 2. The number of ketones is 1. The number of cyclic esters (lactones) is 1. The number of nitrogens with zero attached hydrogens (tertiary/aromatic N) is 1. The molecule has 5 N–H and O–H groups in total. The molecule has 14 heteroatoms. The number of aliphatic hydroxyl groups is 5. The van der Waals surface area contributed by atoms with Crippen LogP contribution in [0.5, 0.6) is 0 Å². The Morgan fingerprint density at radius 1 is 0.800 bits per heavy atom. The van der Waals surface area contributed by atoms with Gasteiger partial charge in [0.25, 0.3) is 0 Å². The molecule has 3 aliphatic heterocycles. The second-order valence-corrected chi connectivity index (χ2v) is 15.7. The molecule has 0 amide bonds. The van der Waals surface area contributed by atoms with Crippen molar-refractivity contribution >= 4 is 11.8 Å². The van der Waals surface area contributed by atoms with E-state index in [1.165, 1.54) is 14.0 Å². The van der Waals surface area contributed by atoms with Gasteiger partial charge in [-0.3, -0.25) is 9.59 Å². The molecule has 3 fully saturated rings. The van der Waals surface area contributed by atoms with E-state index in [2.05, 4.69) is 0 Å². The van der Waals surface area contributed by atoms with Crippen LogP contribution in [-0.4, -0.2) is 143 Å². The van der Waals surface area contributed by atoms with Gasteiger partial charge in [-0.2, -0.15) is 0 Å². The van der Waals surface area contributed by atoms with Crippen LogP contribution in [0, 0.1) is 35.5 Å². The average molecular weight is 720 g/mol. The maximum atomic E-state index is 14.0. The number of aliphatic hydroxyl groups excluding tert-OH is 4. The first-order chi connectivity index (χ1) is 23.2. The summed E-state index contributed by atoms with van der Waals surface area (Å²) in [5, 5.41) is 56.5. The number of hydrogen-bond donors (Lipinski definition) is 5. The Morgan fingerprint density at radius 2 is 1.42 bits per heavy atom. The van der Waals surface area contributed by atoms with Gasteiger partial charge in [-0.05, 0) is 54.1 Å². The Labute approximate surface area is 297 Å². The summed E-state index contributed by atoms with van der Waals surface area (Å²) in [7, 11) is 5.01. The Hall–Kier alpha value is -1.30. The van der Waals surface area contributed by atoms with E-state index in [-0.39, 0.29) is 24.3 Å². The second kappa shape index (κ2) is 17.7. The van der Waals surface area contributed by atoms with Crippen molar-refractivity contribution in [3.63, 3.8) is 0 Å². The number of ether oxygens (including phenoxy) is 6. The molecule has 0 unspecified atom stereocenters. The number of Topliss-reactive ketones (excluding diaryl/α,β-unsaturated/α-hetero) is 1. The third-order valence-electron chi connectivity index (χ3n) is 11.4. The molecule has 0 bridgehead atoms. The Morgan fingerprint density at radius 3 is 1.98 bits per heavy atom. The summed E-state index contributed by atoms with van der Waals surface area (Å²) >= 11 is 0. The number of carbonyl (C=O) groups excluding carboxylic acids is 2. The molecule has 0 aromatic heterocycles. The van der Waals surface area contributed by atoms with Crippen LogP contribution in [-0.2, 0) is 38.0 Å². The van der Waals surface area contributed by atoms with Gasteiger partial charge in [-0.1, -0.05) is 41.5 Å². The molecule has 14 nitrogen and oxygen atoms in total. The predicted octanol–water partition coefficient (Wildman–Crippen LogP) is 1.46. The molecule has 0 aliphatic carbocycles. The van der Waals surface area contributed by atoms with E-state index in [1.807, 2.05) is 32.8 Å². The fourth-order valence-electron chi connectivity index (χ4n) is 8.06. The van der Waals surface area contributed by atoms with Crippen LogP contribution in [0.15, 0.2) is 0 Å². The van der Waals surface area contributed by atoms with Gasteiger partial charge in [0.2, 0.25) is 0 Å². The van der Waals surface area contributed by atoms with Gasteiger partial charge >= 0.3 is 5.97 Å². The molecule has 3 saturated heterocycles. The maximum Gasteiger partial charge on any atom is 0.311 e. The Kier molecular flexibility index (Phi) is 15.2. The van der Waals surface area contributed by atoms with E-state index in [0.717, 1.165) is 0 Å². The van der Waals surface area contributed by atoms with Crippen LogP contribution in [0.25, 0.3) is 0 Å². The van der Waals surface area contributed by atoms with Crippen LogP contribution in [0.3, 0.4) is 0 Å². The standard InChI is InChI=1S/C36H65NO13/c1-13-24-18(4)26(39)19(5)25(38)16(2)15-36(9,44)31(49-35-28(41)23(37(10)11)14-17(3)46-35)21(7)30(22(8)32(43)47-24)48-33-20(6)27(40)29(42)34(45-12)50-33/h16-24,26-31,33-35,39-42,44H,13-15H2,1-12H3/t16-,17+,18-,19+,20+,21+,22-,23-,24-,26+,27+,28+,29+,30+,31-,33+,34+,35-,36-/m1/s1. The Bertz CT molecular complexity index is 1110. The molecule has 3 heterocycles. The van der Waals surface area contributed by atoms with E-state index >= 15 is 0 Å². The molecule has 0 radical (unpaired) electrons. The second-order valence-electron chi connectivity index (χ2n) is 15.7. The van der Waals surface area contributed by atoms with E-state index in [9.17, 15) is 35.1 Å². The zero-order chi connectivity index (χ0) is 38.0. The van der Waals surface area contributed by atoms with Crippen molar-refractivity contribution in [2.24, 2.45) is 35.5 Å². The number of likely N-dealkylation sites (N-methyl/N-ethyl adjacent to an activating group) is 1. The molecule has 50 heavy (non-hydrogen) atoms. The minimum atomic E-state index is -1.77. The number of esters is 1. The summed E-state index contributed by atoms with van der Waals surface area (Å²) in [4.78, 5) is 29.6. The van der Waals surface area contributed by atoms with E-state index in [4.69, 9.17) is 28.4 Å². The zero-order valence-corrected chi connectivity index (χ0v) is 32.0. The molecular weight excluding hydrogens is 654 g/mol. The van der Waals surface area contributed by atoms with Crippen molar-refractivity contribution in [3.8, 4) is 0 Å². The lowest BCUT2D eigenvalue weighted by Crippen LogP contribution is -2.60. The van der Waals surface area contributed by atoms with Crippen molar-refractivity contribution in [2.75, 3.05) is 21.2 Å². The van der Waals surface area contributed by atoms with E-state index in [0.29, 0.717) is 12.8 Å². The first-order valence-corrected chi connectivity index (χ1v) is 18.2. The van der Waals surface area contributed by atoms with Crippen molar-refractivity contribution in [1.82, 2.24) is 4.90 Å². The van der Waals surface area contributed by atoms with E-state index < -0.39 is 109 Å². The minimum absolute atomic E-state index is 0.0858. The van der Waals surface area contributed by atoms with Gasteiger partial charge in [0, 0.05) is 42.7 Å². The lowest BCUT2D eigenvalue weighted by Gasteiger charge is -2.48. The van der Waals surface area contributed by atoms with Crippen molar-refractivity contribution in [2.45, 2.75) is 161 Å². The molecule has 3 rings (SSSR count). The molecule has 0 aromatic carbocycles. The number of hydrogen-bond acceptors (Lipinski definition) is 14. The summed E-state index contributed by atoms with van der Waals surface area (Å²) in [6.07, 6.45) is -11.0. The molecular formula is C36H65NO13. The van der Waals surface area contributed by atoms with Gasteiger partial charge in [0.1, 0.15) is 24.1 Å². The van der Waals surface area contributed by atoms with Gasteiger partial charge < -0.3 is 58.9 Å². The quantitative estimate of drug-likeness (QED) is 0.238. The van der Waals surface area contributed by atoms with Gasteiger partial charge in [0.05, 0.1) is 42.0 Å². The van der Waals surface area contributed by atoms with Crippen LogP contribution < -0.4 is 0 Å². The van der Waals surface area contributed by atoms with Crippen molar-refractivity contribution in [1.29, 1.82) is 0 Å². The highest BCUT2D eigenvalue weighted by atomic mass is 16.8. The normalized spacial score (nSPS) is 49.0. The fourth-order valence-corrected chi connectivity index (χ4v) is 8.06. The van der Waals surface area contributed by atoms with Crippen LogP contribution in [0.2, 0.25) is 0 Å². The predicted molar refractivity (Wildman–Crippen MR) is 181 cm³/mol. The average Bonchev–Trinajstić information content (AvgIpc) is 3.06. The first-order valence-electron chi connectivity index (χ1n) is 18.2. The number of rotatable bonds is 7. The first kappa shape index (κ1) is 43.1. The zero-order valence-electron chi connectivity index (χ0n) is 32.0. The van der Waals surface area contributed by atoms with Gasteiger partial charge in [-0.25, -0.2) is 0 Å². The highest BCUT2D eigenvalue weighted by molar-refractivity contribution is 5.83. The van der Waals surface area contributed by atoms with Crippen LogP contribution >= 0.6 is 0 Å². The smallest absolute Gasteiger partial charge is 0.311 e. The van der Waals surface area contributed by atoms with Gasteiger partial charge in [-0.15, -0.1) is 0 Å². The summed E-state index contributed by atoms with van der Waals surface area (Å²) in [6, 6.07) is -0.324. The summed E-state index contributed by atoms with van der Waals surface area (Å²) in [5.74, 6) is -5.71. The minimum Gasteiger partial charge on any atom is -0.462 e. The molecule has 0 aromatic rings. The molecule has 19 atom stereocenters.